The fraction of sp³-hybridized carbons (Fsp3) is 0.366. The molecule has 4 atom stereocenters. The lowest BCUT2D eigenvalue weighted by atomic mass is 10.0. The second kappa shape index (κ2) is 20.6. The first-order chi connectivity index (χ1) is 24.3. The van der Waals surface area contributed by atoms with Gasteiger partial charge in [-0.25, -0.2) is 9.59 Å². The van der Waals surface area contributed by atoms with Crippen LogP contribution in [0.1, 0.15) is 53.7 Å². The molecule has 0 aromatic heterocycles. The van der Waals surface area contributed by atoms with Gasteiger partial charge in [-0.2, -0.15) is 0 Å². The van der Waals surface area contributed by atoms with E-state index in [1.165, 1.54) is 5.56 Å². The summed E-state index contributed by atoms with van der Waals surface area (Å²) in [5.74, 6) is 0.523. The van der Waals surface area contributed by atoms with Gasteiger partial charge in [-0.1, -0.05) is 84.4 Å². The number of aromatic hydroxyl groups is 2. The summed E-state index contributed by atoms with van der Waals surface area (Å²) in [6, 6.07) is 32.3. The van der Waals surface area contributed by atoms with E-state index >= 15 is 0 Å². The van der Waals surface area contributed by atoms with Gasteiger partial charge in [0, 0.05) is 25.2 Å². The molecular weight excluding hydrogens is 640 g/mol. The minimum Gasteiger partial charge on any atom is -0.508 e. The van der Waals surface area contributed by atoms with E-state index in [1.807, 2.05) is 128 Å². The Bertz CT molecular complexity index is 1600. The Labute approximate surface area is 303 Å². The zero-order valence-corrected chi connectivity index (χ0v) is 31.1. The molecule has 0 unspecified atom stereocenters. The molecule has 10 heteroatoms. The van der Waals surface area contributed by atoms with Crippen LogP contribution in [-0.2, 0) is 12.8 Å². The number of phenols is 2. The third kappa shape index (κ3) is 14.8. The highest BCUT2D eigenvalue weighted by molar-refractivity contribution is 5.74. The largest absolute Gasteiger partial charge is 0.508 e. The maximum atomic E-state index is 12.2. The number of hydrogen-bond donors (Lipinski definition) is 6. The van der Waals surface area contributed by atoms with Crippen molar-refractivity contribution in [3.63, 3.8) is 0 Å². The molecule has 274 valence electrons. The van der Waals surface area contributed by atoms with Gasteiger partial charge in [0.2, 0.25) is 0 Å². The number of hydrogen-bond acceptors (Lipinski definition) is 6. The lowest BCUT2D eigenvalue weighted by molar-refractivity contribution is 0.228. The van der Waals surface area contributed by atoms with Gasteiger partial charge in [0.15, 0.2) is 0 Å². The van der Waals surface area contributed by atoms with Gasteiger partial charge < -0.3 is 41.3 Å². The molecule has 4 aromatic rings. The number of aryl methyl sites for hydroxylation is 1. The first kappa shape index (κ1) is 40.4. The summed E-state index contributed by atoms with van der Waals surface area (Å²) in [5, 5.41) is 30.6. The molecule has 4 rings (SSSR count). The summed E-state index contributed by atoms with van der Waals surface area (Å²) in [6.45, 7) is 7.07. The van der Waals surface area contributed by atoms with E-state index in [-0.39, 0.29) is 47.7 Å². The van der Waals surface area contributed by atoms with Gasteiger partial charge in [0.05, 0.1) is 12.1 Å². The van der Waals surface area contributed by atoms with E-state index in [2.05, 4.69) is 31.1 Å². The quantitative estimate of drug-likeness (QED) is 0.0938. The second-order valence-electron chi connectivity index (χ2n) is 13.4. The summed E-state index contributed by atoms with van der Waals surface area (Å²) in [6.07, 6.45) is 1.59. The standard InChI is InChI=1S/C21H29N3O2.C20H27N3O2/c1-15-5-9-18(10-6-15)16(2)23-21(26)22-14-19(24(3)4)13-17-7-11-20(25)12-8-17;1-15(17-7-5-4-6-8-17)22-20(25)21-14-18(23(2)3)13-16-9-11-19(24)12-10-16/h5-12,16,19,25H,13-14H2,1-4H3,(H2,22,23,26);4-12,15,18,24H,13-14H2,1-3H3,(H2,21,22,25)/t16-,19-;15-,18-/m00/s1. The number of carbonyl (C=O) groups is 2. The Morgan fingerprint density at radius 3 is 1.31 bits per heavy atom. The van der Waals surface area contributed by atoms with Gasteiger partial charge in [0.25, 0.3) is 0 Å². The van der Waals surface area contributed by atoms with Crippen LogP contribution >= 0.6 is 0 Å². The first-order valence-electron chi connectivity index (χ1n) is 17.4. The molecule has 0 spiro atoms. The molecule has 0 radical (unpaired) electrons. The summed E-state index contributed by atoms with van der Waals surface area (Å²) >= 11 is 0. The van der Waals surface area contributed by atoms with Crippen LogP contribution in [0.2, 0.25) is 0 Å². The molecular formula is C41H56N6O4. The van der Waals surface area contributed by atoms with Gasteiger partial charge in [-0.3, -0.25) is 0 Å². The average molecular weight is 697 g/mol. The highest BCUT2D eigenvalue weighted by atomic mass is 16.3. The van der Waals surface area contributed by atoms with Crippen molar-refractivity contribution in [3.05, 3.63) is 131 Å². The molecule has 6 N–H and O–H groups in total. The van der Waals surface area contributed by atoms with Crippen molar-refractivity contribution < 1.29 is 19.8 Å². The number of urea groups is 2. The molecule has 0 aliphatic rings. The molecule has 0 heterocycles. The monoisotopic (exact) mass is 696 g/mol. The predicted molar refractivity (Wildman–Crippen MR) is 206 cm³/mol. The third-order valence-corrected chi connectivity index (χ3v) is 8.84. The van der Waals surface area contributed by atoms with E-state index in [4.69, 9.17) is 0 Å². The summed E-state index contributed by atoms with van der Waals surface area (Å²) in [4.78, 5) is 28.6. The Morgan fingerprint density at radius 1 is 0.569 bits per heavy atom. The van der Waals surface area contributed by atoms with Gasteiger partial charge in [-0.05, 0) is 108 Å². The lowest BCUT2D eigenvalue weighted by Gasteiger charge is -2.25. The number of nitrogens with one attached hydrogen (secondary N) is 4. The van der Waals surface area contributed by atoms with Crippen LogP contribution in [-0.4, -0.2) is 85.4 Å². The van der Waals surface area contributed by atoms with Crippen LogP contribution in [0.4, 0.5) is 9.59 Å². The number of benzene rings is 4. The average Bonchev–Trinajstić information content (AvgIpc) is 3.10. The minimum atomic E-state index is -0.172. The minimum absolute atomic E-state index is 0.0453. The topological polar surface area (TPSA) is 129 Å². The Hall–Kier alpha value is -5.06. The van der Waals surface area contributed by atoms with Crippen LogP contribution in [0, 0.1) is 6.92 Å². The molecule has 0 aliphatic carbocycles. The summed E-state index contributed by atoms with van der Waals surface area (Å²) in [5.41, 5.74) is 5.60. The summed E-state index contributed by atoms with van der Waals surface area (Å²) in [7, 11) is 7.99. The number of likely N-dealkylation sites (N-methyl/N-ethyl adjacent to an activating group) is 2. The molecule has 0 saturated carbocycles. The van der Waals surface area contributed by atoms with Crippen molar-refractivity contribution in [3.8, 4) is 11.5 Å². The highest BCUT2D eigenvalue weighted by Gasteiger charge is 2.17. The van der Waals surface area contributed by atoms with E-state index in [9.17, 15) is 19.8 Å². The predicted octanol–water partition coefficient (Wildman–Crippen LogP) is 6.16. The number of rotatable bonds is 14. The zero-order chi connectivity index (χ0) is 37.3. The Balaban J connectivity index is 0.000000276. The van der Waals surface area contributed by atoms with Crippen molar-refractivity contribution in [2.75, 3.05) is 41.3 Å². The first-order valence-corrected chi connectivity index (χ1v) is 17.4. The molecule has 4 aromatic carbocycles. The van der Waals surface area contributed by atoms with Gasteiger partial charge >= 0.3 is 12.1 Å². The number of phenolic OH excluding ortho intramolecular Hbond substituents is 2. The molecule has 4 amide bonds. The van der Waals surface area contributed by atoms with Gasteiger partial charge in [-0.15, -0.1) is 0 Å². The normalized spacial score (nSPS) is 13.3. The third-order valence-electron chi connectivity index (χ3n) is 8.84. The van der Waals surface area contributed by atoms with Crippen molar-refractivity contribution in [1.29, 1.82) is 0 Å². The van der Waals surface area contributed by atoms with Crippen molar-refractivity contribution in [2.24, 2.45) is 0 Å². The van der Waals surface area contributed by atoms with Crippen LogP contribution in [0.3, 0.4) is 0 Å². The van der Waals surface area contributed by atoms with Gasteiger partial charge in [0.1, 0.15) is 11.5 Å². The van der Waals surface area contributed by atoms with Crippen LogP contribution in [0.15, 0.2) is 103 Å². The maximum Gasteiger partial charge on any atom is 0.315 e. The summed E-state index contributed by atoms with van der Waals surface area (Å²) < 4.78 is 0. The second-order valence-corrected chi connectivity index (χ2v) is 13.4. The Morgan fingerprint density at radius 2 is 0.941 bits per heavy atom. The number of carbonyl (C=O) groups excluding carboxylic acids is 2. The van der Waals surface area contributed by atoms with E-state index in [1.54, 1.807) is 24.3 Å². The molecule has 10 nitrogen and oxygen atoms in total. The lowest BCUT2D eigenvalue weighted by Crippen LogP contribution is -2.45. The van der Waals surface area contributed by atoms with E-state index < -0.39 is 0 Å². The SMILES string of the molecule is C[C@H](NC(=O)NC[C@H](Cc1ccc(O)cc1)N(C)C)c1ccccc1.Cc1ccc([C@H](C)NC(=O)NC[C@H](Cc2ccc(O)cc2)N(C)C)cc1. The van der Waals surface area contributed by atoms with Crippen molar-refractivity contribution in [2.45, 2.75) is 57.8 Å². The Kier molecular flexibility index (Phi) is 16.3. The molecule has 0 aliphatic heterocycles. The van der Waals surface area contributed by atoms with Crippen molar-refractivity contribution >= 4 is 12.1 Å². The van der Waals surface area contributed by atoms with Crippen molar-refractivity contribution in [1.82, 2.24) is 31.1 Å². The highest BCUT2D eigenvalue weighted by Crippen LogP contribution is 2.15. The smallest absolute Gasteiger partial charge is 0.315 e. The molecule has 0 bridgehead atoms. The molecule has 0 saturated heterocycles. The molecule has 51 heavy (non-hydrogen) atoms. The van der Waals surface area contributed by atoms with E-state index in [0.717, 1.165) is 35.1 Å². The van der Waals surface area contributed by atoms with E-state index in [0.29, 0.717) is 13.1 Å². The van der Waals surface area contributed by atoms with Crippen LogP contribution in [0.5, 0.6) is 11.5 Å². The fourth-order valence-corrected chi connectivity index (χ4v) is 5.36. The molecule has 0 fully saturated rings. The number of nitrogens with zero attached hydrogens (tertiary/aromatic N) is 2. The number of amides is 4. The zero-order valence-electron chi connectivity index (χ0n) is 31.1. The van der Waals surface area contributed by atoms with Crippen LogP contribution in [0.25, 0.3) is 0 Å². The van der Waals surface area contributed by atoms with Crippen LogP contribution < -0.4 is 21.3 Å². The fourth-order valence-electron chi connectivity index (χ4n) is 5.36. The maximum absolute atomic E-state index is 12.2.